The fourth-order valence-corrected chi connectivity index (χ4v) is 4.17. The van der Waals surface area contributed by atoms with Gasteiger partial charge < -0.3 is 15.3 Å². The minimum Gasteiger partial charge on any atom is -0.478 e. The normalized spacial score (nSPS) is 20.5. The number of nitrogens with zero attached hydrogens (tertiary/aromatic N) is 2. The molecule has 31 heavy (non-hydrogen) atoms. The van der Waals surface area contributed by atoms with Crippen molar-refractivity contribution < 1.29 is 19.5 Å². The molecule has 0 radical (unpaired) electrons. The van der Waals surface area contributed by atoms with Crippen molar-refractivity contribution in [3.63, 3.8) is 0 Å². The molecule has 1 saturated heterocycles. The van der Waals surface area contributed by atoms with Gasteiger partial charge in [-0.1, -0.05) is 47.1 Å². The summed E-state index contributed by atoms with van der Waals surface area (Å²) in [5.41, 5.74) is -0.296. The van der Waals surface area contributed by atoms with Gasteiger partial charge in [-0.3, -0.25) is 14.5 Å². The van der Waals surface area contributed by atoms with E-state index in [1.807, 2.05) is 34.6 Å². The molecule has 2 N–H and O–H groups in total. The van der Waals surface area contributed by atoms with Gasteiger partial charge in [0.05, 0.1) is 12.1 Å². The van der Waals surface area contributed by atoms with Gasteiger partial charge in [0, 0.05) is 18.7 Å². The van der Waals surface area contributed by atoms with Crippen LogP contribution in [0, 0.1) is 11.3 Å². The number of aliphatic carboxylic acids is 1. The van der Waals surface area contributed by atoms with E-state index in [2.05, 4.69) is 24.1 Å². The molecule has 0 aromatic heterocycles. The summed E-state index contributed by atoms with van der Waals surface area (Å²) in [6.45, 7) is 16.3. The van der Waals surface area contributed by atoms with Crippen LogP contribution in [-0.4, -0.2) is 70.4 Å². The minimum atomic E-state index is -1.00. The van der Waals surface area contributed by atoms with Crippen molar-refractivity contribution in [1.29, 1.82) is 0 Å². The summed E-state index contributed by atoms with van der Waals surface area (Å²) in [5, 5.41) is 12.3. The van der Waals surface area contributed by atoms with Crippen molar-refractivity contribution in [2.75, 3.05) is 13.6 Å². The number of rotatable bonds is 8. The van der Waals surface area contributed by atoms with Crippen LogP contribution >= 0.6 is 0 Å². The second-order valence-electron chi connectivity index (χ2n) is 10.5. The molecule has 7 heteroatoms. The van der Waals surface area contributed by atoms with Gasteiger partial charge in [0.25, 0.3) is 0 Å². The van der Waals surface area contributed by atoms with Gasteiger partial charge in [0.15, 0.2) is 0 Å². The molecule has 7 nitrogen and oxygen atoms in total. The van der Waals surface area contributed by atoms with Crippen molar-refractivity contribution in [2.24, 2.45) is 11.3 Å². The monoisotopic (exact) mass is 437 g/mol. The Morgan fingerprint density at radius 3 is 2.16 bits per heavy atom. The number of nitrogens with one attached hydrogen (secondary N) is 1. The number of carboxylic acid groups (broad SMARTS) is 1. The predicted octanol–water partition coefficient (Wildman–Crippen LogP) is 3.29. The lowest BCUT2D eigenvalue weighted by molar-refractivity contribution is -0.142. The molecule has 178 valence electrons. The van der Waals surface area contributed by atoms with Crippen LogP contribution in [0.3, 0.4) is 0 Å². The van der Waals surface area contributed by atoms with E-state index in [9.17, 15) is 19.5 Å². The van der Waals surface area contributed by atoms with E-state index in [1.54, 1.807) is 18.0 Å². The third-order valence-corrected chi connectivity index (χ3v) is 6.15. The summed E-state index contributed by atoms with van der Waals surface area (Å²) in [6.07, 6.45) is 4.50. The summed E-state index contributed by atoms with van der Waals surface area (Å²) in [6, 6.07) is -1.06. The first kappa shape index (κ1) is 27.1. The number of piperidine rings is 1. The van der Waals surface area contributed by atoms with Crippen molar-refractivity contribution in [3.8, 4) is 0 Å². The quantitative estimate of drug-likeness (QED) is 0.569. The van der Waals surface area contributed by atoms with Crippen molar-refractivity contribution >= 4 is 17.8 Å². The molecule has 3 atom stereocenters. The molecular weight excluding hydrogens is 394 g/mol. The van der Waals surface area contributed by atoms with Crippen LogP contribution in [0.2, 0.25) is 0 Å². The number of likely N-dealkylation sites (tertiary alicyclic amines) is 1. The maximum atomic E-state index is 13.5. The highest BCUT2D eigenvalue weighted by molar-refractivity contribution is 5.91. The van der Waals surface area contributed by atoms with Gasteiger partial charge >= 0.3 is 5.97 Å². The molecule has 1 rings (SSSR count). The largest absolute Gasteiger partial charge is 0.478 e. The van der Waals surface area contributed by atoms with Crippen molar-refractivity contribution in [2.45, 2.75) is 98.8 Å². The highest BCUT2D eigenvalue weighted by Gasteiger charge is 2.39. The summed E-state index contributed by atoms with van der Waals surface area (Å²) in [4.78, 5) is 41.9. The van der Waals surface area contributed by atoms with E-state index in [1.165, 1.54) is 6.92 Å². The molecule has 1 heterocycles. The van der Waals surface area contributed by atoms with E-state index in [0.717, 1.165) is 25.8 Å². The van der Waals surface area contributed by atoms with Crippen LogP contribution in [0.15, 0.2) is 11.6 Å². The van der Waals surface area contributed by atoms with Crippen LogP contribution in [-0.2, 0) is 14.4 Å². The second-order valence-corrected chi connectivity index (χ2v) is 10.5. The molecule has 0 saturated carbocycles. The number of carbonyl (C=O) groups is 3. The summed E-state index contributed by atoms with van der Waals surface area (Å²) >= 11 is 0. The fraction of sp³-hybridized carbons (Fsp3) is 0.792. The Hall–Kier alpha value is -1.89. The number of amides is 2. The highest BCUT2D eigenvalue weighted by atomic mass is 16.4. The van der Waals surface area contributed by atoms with E-state index in [0.29, 0.717) is 0 Å². The molecule has 1 aliphatic rings. The third kappa shape index (κ3) is 7.34. The van der Waals surface area contributed by atoms with Crippen molar-refractivity contribution in [1.82, 2.24) is 15.1 Å². The van der Waals surface area contributed by atoms with Gasteiger partial charge in [0.1, 0.15) is 6.04 Å². The fourth-order valence-electron chi connectivity index (χ4n) is 4.17. The van der Waals surface area contributed by atoms with Crippen LogP contribution in [0.5, 0.6) is 0 Å². The smallest absolute Gasteiger partial charge is 0.331 e. The van der Waals surface area contributed by atoms with Crippen LogP contribution in [0.25, 0.3) is 0 Å². The number of hydrogen-bond donors (Lipinski definition) is 2. The Labute approximate surface area is 188 Å². The predicted molar refractivity (Wildman–Crippen MR) is 124 cm³/mol. The van der Waals surface area contributed by atoms with E-state index >= 15 is 0 Å². The second kappa shape index (κ2) is 11.1. The maximum absolute atomic E-state index is 13.5. The summed E-state index contributed by atoms with van der Waals surface area (Å²) in [7, 11) is 1.69. The lowest BCUT2D eigenvalue weighted by atomic mass is 9.84. The molecule has 0 aromatic rings. The Kier molecular flexibility index (Phi) is 9.73. The average Bonchev–Trinajstić information content (AvgIpc) is 2.67. The van der Waals surface area contributed by atoms with Gasteiger partial charge in [-0.2, -0.15) is 0 Å². The summed E-state index contributed by atoms with van der Waals surface area (Å²) in [5.74, 6) is -1.29. The molecule has 0 bridgehead atoms. The van der Waals surface area contributed by atoms with E-state index in [-0.39, 0.29) is 41.4 Å². The Balaban J connectivity index is 3.15. The van der Waals surface area contributed by atoms with Crippen LogP contribution in [0.1, 0.15) is 74.7 Å². The van der Waals surface area contributed by atoms with Gasteiger partial charge in [0.2, 0.25) is 11.8 Å². The molecule has 1 fully saturated rings. The van der Waals surface area contributed by atoms with Crippen molar-refractivity contribution in [3.05, 3.63) is 11.6 Å². The molecule has 0 aromatic carbocycles. The first-order chi connectivity index (χ1) is 14.2. The molecular formula is C24H43N3O4. The Morgan fingerprint density at radius 1 is 1.13 bits per heavy atom. The lowest BCUT2D eigenvalue weighted by Crippen LogP contribution is -2.60. The molecule has 0 spiro atoms. The number of carbonyl (C=O) groups excluding carboxylic acids is 2. The standard InChI is InChI=1S/C24H43N3O4/c1-15(2)19(14-17(5)23(30)31)26(9)22(29)20(24(6,7)8)25-21(28)18-12-10-11-13-27(18)16(3)4/h14-16,18-20H,10-13H2,1-9H3,(H,25,28)(H,30,31)/t18?,19-,20-/m0/s1. The van der Waals surface area contributed by atoms with Gasteiger partial charge in [-0.25, -0.2) is 4.79 Å². The SMILES string of the molecule is CC(=C[C@@H](C(C)C)N(C)C(=O)[C@H](NC(=O)C1CCCCN1C(C)C)C(C)(C)C)C(=O)O. The maximum Gasteiger partial charge on any atom is 0.331 e. The lowest BCUT2D eigenvalue weighted by Gasteiger charge is -2.41. The zero-order valence-corrected chi connectivity index (χ0v) is 20.9. The summed E-state index contributed by atoms with van der Waals surface area (Å²) < 4.78 is 0. The first-order valence-corrected chi connectivity index (χ1v) is 11.4. The zero-order valence-electron chi connectivity index (χ0n) is 20.9. The van der Waals surface area contributed by atoms with Gasteiger partial charge in [-0.15, -0.1) is 0 Å². The number of hydrogen-bond acceptors (Lipinski definition) is 4. The average molecular weight is 438 g/mol. The number of carboxylic acids is 1. The molecule has 1 aliphatic heterocycles. The van der Waals surface area contributed by atoms with Crippen LogP contribution < -0.4 is 5.32 Å². The van der Waals surface area contributed by atoms with E-state index < -0.39 is 17.4 Å². The highest BCUT2D eigenvalue weighted by Crippen LogP contribution is 2.25. The Bertz CT molecular complexity index is 679. The van der Waals surface area contributed by atoms with Gasteiger partial charge in [-0.05, 0) is 51.5 Å². The zero-order chi connectivity index (χ0) is 24.1. The van der Waals surface area contributed by atoms with E-state index in [4.69, 9.17) is 0 Å². The first-order valence-electron chi connectivity index (χ1n) is 11.4. The Morgan fingerprint density at radius 2 is 1.71 bits per heavy atom. The minimum absolute atomic E-state index is 0.0225. The third-order valence-electron chi connectivity index (χ3n) is 6.15. The number of likely N-dealkylation sites (N-methyl/N-ethyl adjacent to an activating group) is 1. The van der Waals surface area contributed by atoms with Crippen LogP contribution in [0.4, 0.5) is 0 Å². The molecule has 2 amide bonds. The topological polar surface area (TPSA) is 90.0 Å². The molecule has 1 unspecified atom stereocenters. The molecule has 0 aliphatic carbocycles.